The number of anilines is 2. The zero-order valence-electron chi connectivity index (χ0n) is 18.4. The van der Waals surface area contributed by atoms with Crippen LogP contribution in [-0.4, -0.2) is 40.3 Å². The molecule has 5 heterocycles. The molecule has 33 heavy (non-hydrogen) atoms. The second-order valence-corrected chi connectivity index (χ2v) is 8.25. The molecule has 8 nitrogen and oxygen atoms in total. The number of aromatic nitrogens is 7. The Hall–Kier alpha value is -3.63. The summed E-state index contributed by atoms with van der Waals surface area (Å²) in [4.78, 5) is 4.46. The molecule has 1 N–H and O–H groups in total. The summed E-state index contributed by atoms with van der Waals surface area (Å²) in [6.45, 7) is 3.72. The molecule has 11 heteroatoms. The Bertz CT molecular complexity index is 1320. The summed E-state index contributed by atoms with van der Waals surface area (Å²) in [5.74, 6) is -2.57. The van der Waals surface area contributed by atoms with Crippen LogP contribution in [0.2, 0.25) is 0 Å². The van der Waals surface area contributed by atoms with Gasteiger partial charge in [-0.2, -0.15) is 13.9 Å². The maximum atomic E-state index is 14.4. The van der Waals surface area contributed by atoms with Crippen LogP contribution in [0.3, 0.4) is 0 Å². The molecule has 0 spiro atoms. The van der Waals surface area contributed by atoms with E-state index in [-0.39, 0.29) is 0 Å². The summed E-state index contributed by atoms with van der Waals surface area (Å²) >= 11 is 0. The van der Waals surface area contributed by atoms with E-state index in [2.05, 4.69) is 25.6 Å². The zero-order chi connectivity index (χ0) is 23.3. The topological polar surface area (TPSA) is 78.4 Å². The number of nitrogens with one attached hydrogen (secondary N) is 1. The number of rotatable bonds is 5. The Morgan fingerprint density at radius 2 is 2.00 bits per heavy atom. The van der Waals surface area contributed by atoms with E-state index in [9.17, 15) is 13.2 Å². The van der Waals surface area contributed by atoms with Crippen LogP contribution in [0.1, 0.15) is 24.7 Å². The van der Waals surface area contributed by atoms with Crippen molar-refractivity contribution in [3.8, 4) is 22.6 Å². The molecule has 4 aromatic heterocycles. The Labute approximate surface area is 188 Å². The maximum Gasteiger partial charge on any atom is 0.336 e. The lowest BCUT2D eigenvalue weighted by atomic mass is 10.1. The smallest absolute Gasteiger partial charge is 0.336 e. The molecule has 0 amide bonds. The summed E-state index contributed by atoms with van der Waals surface area (Å²) in [7, 11) is 1.83. The third-order valence-corrected chi connectivity index (χ3v) is 5.95. The van der Waals surface area contributed by atoms with E-state index in [1.54, 1.807) is 17.1 Å². The molecule has 0 aromatic carbocycles. The molecule has 172 valence electrons. The number of pyridine rings is 1. The molecular weight excluding hydrogens is 433 g/mol. The zero-order valence-corrected chi connectivity index (χ0v) is 18.4. The van der Waals surface area contributed by atoms with E-state index in [1.165, 1.54) is 4.57 Å². The third-order valence-electron chi connectivity index (χ3n) is 5.95. The first-order chi connectivity index (χ1) is 15.8. The molecule has 0 saturated carbocycles. The average molecular weight is 456 g/mol. The van der Waals surface area contributed by atoms with Crippen molar-refractivity contribution in [3.63, 3.8) is 0 Å². The van der Waals surface area contributed by atoms with Crippen LogP contribution >= 0.6 is 0 Å². The lowest BCUT2D eigenvalue weighted by Gasteiger charge is -2.17. The number of hydrogen-bond acceptors (Lipinski definition) is 5. The van der Waals surface area contributed by atoms with Crippen molar-refractivity contribution in [2.45, 2.75) is 45.5 Å². The van der Waals surface area contributed by atoms with Gasteiger partial charge in [-0.3, -0.25) is 4.68 Å². The average Bonchev–Trinajstić information content (AvgIpc) is 3.47. The quantitative estimate of drug-likeness (QED) is 0.480. The van der Waals surface area contributed by atoms with E-state index in [1.807, 2.05) is 42.9 Å². The highest BCUT2D eigenvalue weighted by atomic mass is 19.3. The van der Waals surface area contributed by atoms with Crippen molar-refractivity contribution in [2.75, 3.05) is 5.32 Å². The first kappa shape index (κ1) is 21.2. The first-order valence-electron chi connectivity index (χ1n) is 10.6. The van der Waals surface area contributed by atoms with Crippen LogP contribution in [0.5, 0.6) is 0 Å². The van der Waals surface area contributed by atoms with Crippen molar-refractivity contribution in [3.05, 3.63) is 48.2 Å². The highest BCUT2D eigenvalue weighted by Gasteiger charge is 2.45. The molecule has 0 aliphatic carbocycles. The molecule has 0 saturated heterocycles. The normalized spacial score (nSPS) is 14.5. The van der Waals surface area contributed by atoms with Gasteiger partial charge in [-0.25, -0.2) is 9.37 Å². The van der Waals surface area contributed by atoms with Crippen molar-refractivity contribution in [2.24, 2.45) is 7.05 Å². The molecular formula is C22H23F3N8. The Kier molecular flexibility index (Phi) is 4.98. The lowest BCUT2D eigenvalue weighted by molar-refractivity contribution is -0.0815. The summed E-state index contributed by atoms with van der Waals surface area (Å²) in [6.07, 6.45) is 3.69. The van der Waals surface area contributed by atoms with Gasteiger partial charge in [0.15, 0.2) is 12.0 Å². The molecule has 0 fully saturated rings. The van der Waals surface area contributed by atoms with Gasteiger partial charge in [0.05, 0.1) is 11.9 Å². The van der Waals surface area contributed by atoms with Gasteiger partial charge in [-0.05, 0) is 43.5 Å². The van der Waals surface area contributed by atoms with E-state index < -0.39 is 17.9 Å². The SMILES string of the molecule is Cc1cnc(Nc2ccnn2C)cc1-c1cc2n(c1)CCCn1c-2nnc1C(F)(F)C(C)F. The minimum absolute atomic E-state index is 0.296. The Morgan fingerprint density at radius 3 is 2.73 bits per heavy atom. The summed E-state index contributed by atoms with van der Waals surface area (Å²) in [6, 6.07) is 5.69. The lowest BCUT2D eigenvalue weighted by Crippen LogP contribution is -2.29. The van der Waals surface area contributed by atoms with E-state index in [0.717, 1.165) is 29.4 Å². The fourth-order valence-corrected chi connectivity index (χ4v) is 4.09. The van der Waals surface area contributed by atoms with Gasteiger partial charge < -0.3 is 14.5 Å². The standard InChI is InChI=1S/C22H23F3N8/c1-13-11-26-18(28-19-5-6-27-31(19)3)10-16(13)15-9-17-20-29-30-21(22(24,25)14(2)23)33(20)8-4-7-32(17)12-15/h5-6,9-12,14H,4,7-8H2,1-3H3,(H,26,28). The highest BCUT2D eigenvalue weighted by Crippen LogP contribution is 2.37. The molecule has 1 atom stereocenters. The fraction of sp³-hybridized carbons (Fsp3) is 0.364. The second kappa shape index (κ2) is 7.75. The minimum atomic E-state index is -3.70. The van der Waals surface area contributed by atoms with Crippen LogP contribution in [-0.2, 0) is 26.1 Å². The number of nitrogens with zero attached hydrogens (tertiary/aromatic N) is 7. The van der Waals surface area contributed by atoms with Crippen molar-refractivity contribution < 1.29 is 13.2 Å². The van der Waals surface area contributed by atoms with Crippen LogP contribution in [0.15, 0.2) is 36.8 Å². The number of alkyl halides is 3. The molecule has 4 aromatic rings. The molecule has 1 aliphatic heterocycles. The van der Waals surface area contributed by atoms with Crippen LogP contribution in [0.25, 0.3) is 22.6 Å². The summed E-state index contributed by atoms with van der Waals surface area (Å²) < 4.78 is 47.5. The van der Waals surface area contributed by atoms with Crippen molar-refractivity contribution in [1.29, 1.82) is 0 Å². The summed E-state index contributed by atoms with van der Waals surface area (Å²) in [5.41, 5.74) is 3.48. The number of halogens is 3. The van der Waals surface area contributed by atoms with Gasteiger partial charge in [-0.15, -0.1) is 10.2 Å². The first-order valence-corrected chi connectivity index (χ1v) is 10.6. The fourth-order valence-electron chi connectivity index (χ4n) is 4.09. The Balaban J connectivity index is 1.55. The minimum Gasteiger partial charge on any atom is -0.344 e. The van der Waals surface area contributed by atoms with Crippen molar-refractivity contribution >= 4 is 11.6 Å². The Morgan fingerprint density at radius 1 is 1.18 bits per heavy atom. The predicted octanol–water partition coefficient (Wildman–Crippen LogP) is 4.45. The van der Waals surface area contributed by atoms with Crippen LogP contribution in [0.4, 0.5) is 24.8 Å². The molecule has 5 rings (SSSR count). The summed E-state index contributed by atoms with van der Waals surface area (Å²) in [5, 5.41) is 15.1. The van der Waals surface area contributed by atoms with E-state index in [0.29, 0.717) is 36.8 Å². The molecule has 1 aliphatic rings. The van der Waals surface area contributed by atoms with E-state index in [4.69, 9.17) is 0 Å². The largest absolute Gasteiger partial charge is 0.344 e. The number of fused-ring (bicyclic) bond motifs is 3. The second-order valence-electron chi connectivity index (χ2n) is 8.25. The molecule has 0 bridgehead atoms. The van der Waals surface area contributed by atoms with Gasteiger partial charge >= 0.3 is 5.92 Å². The van der Waals surface area contributed by atoms with Gasteiger partial charge in [0.1, 0.15) is 11.6 Å². The van der Waals surface area contributed by atoms with Gasteiger partial charge in [0.25, 0.3) is 0 Å². The predicted molar refractivity (Wildman–Crippen MR) is 117 cm³/mol. The molecule has 1 unspecified atom stereocenters. The van der Waals surface area contributed by atoms with Gasteiger partial charge in [0.2, 0.25) is 5.82 Å². The maximum absolute atomic E-state index is 14.4. The number of aryl methyl sites for hydroxylation is 3. The van der Waals surface area contributed by atoms with Crippen LogP contribution in [0, 0.1) is 6.92 Å². The van der Waals surface area contributed by atoms with Gasteiger partial charge in [0, 0.05) is 44.2 Å². The van der Waals surface area contributed by atoms with E-state index >= 15 is 0 Å². The van der Waals surface area contributed by atoms with Gasteiger partial charge in [-0.1, -0.05) is 0 Å². The number of hydrogen-bond donors (Lipinski definition) is 1. The highest BCUT2D eigenvalue weighted by molar-refractivity contribution is 5.74. The molecule has 0 radical (unpaired) electrons. The van der Waals surface area contributed by atoms with Crippen molar-refractivity contribution in [1.82, 2.24) is 34.1 Å². The van der Waals surface area contributed by atoms with Crippen LogP contribution < -0.4 is 5.32 Å². The monoisotopic (exact) mass is 456 g/mol. The third kappa shape index (κ3) is 3.57.